The number of hydrogen-bond donors (Lipinski definition) is 1. The zero-order valence-corrected chi connectivity index (χ0v) is 11.1. The maximum atomic E-state index is 6.27. The van der Waals surface area contributed by atoms with E-state index in [1.54, 1.807) is 0 Å². The number of hydrogen-bond acceptors (Lipinski definition) is 1. The third-order valence-electron chi connectivity index (χ3n) is 3.56. The van der Waals surface area contributed by atoms with Crippen LogP contribution in [0.4, 0.5) is 0 Å². The molecule has 1 nitrogen and oxygen atoms in total. The van der Waals surface area contributed by atoms with Gasteiger partial charge < -0.3 is 5.73 Å². The van der Waals surface area contributed by atoms with Gasteiger partial charge in [0.05, 0.1) is 0 Å². The minimum atomic E-state index is 0.291. The van der Waals surface area contributed by atoms with Crippen molar-refractivity contribution in [1.82, 2.24) is 0 Å². The first kappa shape index (κ1) is 13.2. The second kappa shape index (κ2) is 6.05. The molecule has 0 fully saturated rings. The van der Waals surface area contributed by atoms with Crippen LogP contribution in [-0.4, -0.2) is 6.04 Å². The minimum Gasteiger partial charge on any atom is -0.327 e. The third kappa shape index (κ3) is 3.34. The van der Waals surface area contributed by atoms with E-state index >= 15 is 0 Å². The van der Waals surface area contributed by atoms with Gasteiger partial charge in [-0.25, -0.2) is 0 Å². The Kier molecular flexibility index (Phi) is 5.01. The topological polar surface area (TPSA) is 26.0 Å². The Morgan fingerprint density at radius 1 is 1.19 bits per heavy atom. The van der Waals surface area contributed by atoms with E-state index in [1.165, 1.54) is 29.5 Å². The largest absolute Gasteiger partial charge is 0.327 e. The van der Waals surface area contributed by atoms with Crippen LogP contribution in [-0.2, 0) is 6.42 Å². The molecular weight excluding hydrogens is 194 g/mol. The zero-order valence-electron chi connectivity index (χ0n) is 11.1. The molecule has 0 spiro atoms. The van der Waals surface area contributed by atoms with Gasteiger partial charge in [0.15, 0.2) is 0 Å². The standard InChI is InChI=1S/C15H25N/c1-5-7-13(4)15(16)10-14-11(2)8-6-9-12(14)3/h6,8-9,13,15H,5,7,10,16H2,1-4H3. The molecule has 2 N–H and O–H groups in total. The number of benzene rings is 1. The second-order valence-corrected chi connectivity index (χ2v) is 5.00. The average molecular weight is 219 g/mol. The van der Waals surface area contributed by atoms with E-state index in [2.05, 4.69) is 45.9 Å². The summed E-state index contributed by atoms with van der Waals surface area (Å²) in [5.74, 6) is 0.615. The Morgan fingerprint density at radius 2 is 1.75 bits per heavy atom. The van der Waals surface area contributed by atoms with Crippen LogP contribution in [0.5, 0.6) is 0 Å². The first-order chi connectivity index (χ1) is 7.56. The van der Waals surface area contributed by atoms with Crippen molar-refractivity contribution in [2.45, 2.75) is 53.0 Å². The van der Waals surface area contributed by atoms with E-state index in [0.717, 1.165) is 6.42 Å². The van der Waals surface area contributed by atoms with Crippen molar-refractivity contribution in [2.75, 3.05) is 0 Å². The van der Waals surface area contributed by atoms with Gasteiger partial charge in [-0.05, 0) is 49.3 Å². The minimum absolute atomic E-state index is 0.291. The lowest BCUT2D eigenvalue weighted by molar-refractivity contribution is 0.419. The molecule has 0 bridgehead atoms. The van der Waals surface area contributed by atoms with Crippen molar-refractivity contribution in [2.24, 2.45) is 11.7 Å². The van der Waals surface area contributed by atoms with E-state index in [0.29, 0.717) is 12.0 Å². The molecule has 2 atom stereocenters. The predicted octanol–water partition coefficient (Wildman–Crippen LogP) is 3.61. The van der Waals surface area contributed by atoms with Crippen molar-refractivity contribution >= 4 is 0 Å². The highest BCUT2D eigenvalue weighted by atomic mass is 14.6. The second-order valence-electron chi connectivity index (χ2n) is 5.00. The van der Waals surface area contributed by atoms with Gasteiger partial charge in [0.25, 0.3) is 0 Å². The van der Waals surface area contributed by atoms with Crippen molar-refractivity contribution in [3.8, 4) is 0 Å². The first-order valence-electron chi connectivity index (χ1n) is 6.37. The molecule has 1 heteroatoms. The van der Waals surface area contributed by atoms with Crippen molar-refractivity contribution < 1.29 is 0 Å². The number of aryl methyl sites for hydroxylation is 2. The fourth-order valence-corrected chi connectivity index (χ4v) is 2.28. The van der Waals surface area contributed by atoms with Gasteiger partial charge in [0, 0.05) is 6.04 Å². The summed E-state index contributed by atoms with van der Waals surface area (Å²) in [6.07, 6.45) is 3.47. The van der Waals surface area contributed by atoms with Crippen molar-refractivity contribution in [3.05, 3.63) is 34.9 Å². The summed E-state index contributed by atoms with van der Waals surface area (Å²) in [7, 11) is 0. The van der Waals surface area contributed by atoms with Gasteiger partial charge in [-0.2, -0.15) is 0 Å². The Bertz CT molecular complexity index is 310. The summed E-state index contributed by atoms with van der Waals surface area (Å²) in [5, 5.41) is 0. The predicted molar refractivity (Wildman–Crippen MR) is 71.7 cm³/mol. The van der Waals surface area contributed by atoms with Crippen LogP contribution in [0.1, 0.15) is 43.4 Å². The summed E-state index contributed by atoms with van der Waals surface area (Å²) in [4.78, 5) is 0. The Balaban J connectivity index is 2.72. The summed E-state index contributed by atoms with van der Waals surface area (Å²) >= 11 is 0. The molecule has 0 aliphatic carbocycles. The Morgan fingerprint density at radius 3 is 2.25 bits per heavy atom. The molecule has 90 valence electrons. The van der Waals surface area contributed by atoms with Crippen LogP contribution >= 0.6 is 0 Å². The molecule has 0 saturated carbocycles. The fourth-order valence-electron chi connectivity index (χ4n) is 2.28. The number of rotatable bonds is 5. The molecule has 1 aromatic rings. The van der Waals surface area contributed by atoms with Gasteiger partial charge >= 0.3 is 0 Å². The van der Waals surface area contributed by atoms with E-state index in [4.69, 9.17) is 5.73 Å². The smallest absolute Gasteiger partial charge is 0.0105 e. The van der Waals surface area contributed by atoms with Gasteiger partial charge in [0.1, 0.15) is 0 Å². The van der Waals surface area contributed by atoms with E-state index in [-0.39, 0.29) is 0 Å². The molecule has 0 saturated heterocycles. The Labute approximate surface area is 100 Å². The zero-order chi connectivity index (χ0) is 12.1. The molecule has 1 aromatic carbocycles. The molecule has 0 amide bonds. The number of nitrogens with two attached hydrogens (primary N) is 1. The van der Waals surface area contributed by atoms with Gasteiger partial charge in [-0.1, -0.05) is 38.5 Å². The van der Waals surface area contributed by atoms with Gasteiger partial charge in [-0.15, -0.1) is 0 Å². The molecule has 1 rings (SSSR count). The normalized spacial score (nSPS) is 14.8. The lowest BCUT2D eigenvalue weighted by atomic mass is 9.89. The average Bonchev–Trinajstić information content (AvgIpc) is 2.23. The molecule has 16 heavy (non-hydrogen) atoms. The van der Waals surface area contributed by atoms with Crippen LogP contribution in [0, 0.1) is 19.8 Å². The van der Waals surface area contributed by atoms with Gasteiger partial charge in [-0.3, -0.25) is 0 Å². The van der Waals surface area contributed by atoms with Crippen LogP contribution in [0.2, 0.25) is 0 Å². The van der Waals surface area contributed by atoms with Gasteiger partial charge in [0.2, 0.25) is 0 Å². The maximum Gasteiger partial charge on any atom is 0.0105 e. The van der Waals surface area contributed by atoms with E-state index in [9.17, 15) is 0 Å². The monoisotopic (exact) mass is 219 g/mol. The fraction of sp³-hybridized carbons (Fsp3) is 0.600. The highest BCUT2D eigenvalue weighted by Gasteiger charge is 2.14. The van der Waals surface area contributed by atoms with E-state index in [1.807, 2.05) is 0 Å². The lowest BCUT2D eigenvalue weighted by Gasteiger charge is -2.21. The van der Waals surface area contributed by atoms with Crippen LogP contribution in [0.25, 0.3) is 0 Å². The summed E-state index contributed by atoms with van der Waals surface area (Å²) in [5.41, 5.74) is 10.5. The van der Waals surface area contributed by atoms with Crippen molar-refractivity contribution in [1.29, 1.82) is 0 Å². The summed E-state index contributed by atoms with van der Waals surface area (Å²) in [6.45, 7) is 8.85. The Hall–Kier alpha value is -0.820. The molecular formula is C15H25N. The highest BCUT2D eigenvalue weighted by molar-refractivity contribution is 5.34. The highest BCUT2D eigenvalue weighted by Crippen LogP contribution is 2.19. The lowest BCUT2D eigenvalue weighted by Crippen LogP contribution is -2.31. The summed E-state index contributed by atoms with van der Waals surface area (Å²) in [6, 6.07) is 6.77. The quantitative estimate of drug-likeness (QED) is 0.804. The third-order valence-corrected chi connectivity index (χ3v) is 3.56. The summed E-state index contributed by atoms with van der Waals surface area (Å²) < 4.78 is 0. The van der Waals surface area contributed by atoms with Crippen LogP contribution in [0.3, 0.4) is 0 Å². The maximum absolute atomic E-state index is 6.27. The molecule has 0 radical (unpaired) electrons. The van der Waals surface area contributed by atoms with E-state index < -0.39 is 0 Å². The van der Waals surface area contributed by atoms with Crippen LogP contribution < -0.4 is 5.73 Å². The molecule has 0 aliphatic heterocycles. The molecule has 0 aliphatic rings. The molecule has 0 heterocycles. The van der Waals surface area contributed by atoms with Crippen LogP contribution in [0.15, 0.2) is 18.2 Å². The molecule has 0 aromatic heterocycles. The molecule has 2 unspecified atom stereocenters. The SMILES string of the molecule is CCCC(C)C(N)Cc1c(C)cccc1C. The van der Waals surface area contributed by atoms with Crippen molar-refractivity contribution in [3.63, 3.8) is 0 Å². The first-order valence-corrected chi connectivity index (χ1v) is 6.37.